The van der Waals surface area contributed by atoms with E-state index in [2.05, 4.69) is 0 Å². The molecule has 0 aliphatic heterocycles. The number of halogens is 2. The first-order chi connectivity index (χ1) is 5.52. The Kier molecular flexibility index (Phi) is 2.72. The Hall–Kier alpha value is -0.575. The Balaban J connectivity index is 3.23. The lowest BCUT2D eigenvalue weighted by Gasteiger charge is -2.04. The second-order valence-corrected chi connectivity index (χ2v) is 2.90. The summed E-state index contributed by atoms with van der Waals surface area (Å²) in [5.41, 5.74) is 0.457. The zero-order valence-electron chi connectivity index (χ0n) is 6.38. The van der Waals surface area contributed by atoms with Gasteiger partial charge in [-0.25, -0.2) is 4.39 Å². The second kappa shape index (κ2) is 3.43. The molecule has 0 spiro atoms. The van der Waals surface area contributed by atoms with Gasteiger partial charge in [0.05, 0.1) is 0 Å². The van der Waals surface area contributed by atoms with Crippen LogP contribution in [0.1, 0.15) is 5.56 Å². The van der Waals surface area contributed by atoms with Crippen molar-refractivity contribution in [3.8, 4) is 0 Å². The average molecular weight is 188 g/mol. The van der Waals surface area contributed by atoms with Crippen molar-refractivity contribution in [3.05, 3.63) is 28.5 Å². The van der Waals surface area contributed by atoms with Crippen molar-refractivity contribution in [1.82, 2.24) is 0 Å². The van der Waals surface area contributed by atoms with Gasteiger partial charge in [0.15, 0.2) is 0 Å². The summed E-state index contributed by atoms with van der Waals surface area (Å²) >= 11 is 5.54. The maximum atomic E-state index is 12.8. The fourth-order valence-electron chi connectivity index (χ4n) is 0.877. The van der Waals surface area contributed by atoms with E-state index in [0.29, 0.717) is 5.56 Å². The third-order valence-electron chi connectivity index (χ3n) is 1.56. The van der Waals surface area contributed by atoms with Crippen LogP contribution in [0.25, 0.3) is 0 Å². The van der Waals surface area contributed by atoms with E-state index in [9.17, 15) is 4.39 Å². The van der Waals surface area contributed by atoms with Gasteiger partial charge >= 0.3 is 7.12 Å². The highest BCUT2D eigenvalue weighted by Crippen LogP contribution is 2.11. The highest BCUT2D eigenvalue weighted by molar-refractivity contribution is 6.62. The number of hydrogen-bond acceptors (Lipinski definition) is 2. The molecule has 0 aliphatic rings. The van der Waals surface area contributed by atoms with Crippen LogP contribution >= 0.6 is 11.6 Å². The molecule has 12 heavy (non-hydrogen) atoms. The third-order valence-corrected chi connectivity index (χ3v) is 1.88. The minimum atomic E-state index is -1.66. The number of benzene rings is 1. The predicted octanol–water partition coefficient (Wildman–Crippen LogP) is 0.467. The topological polar surface area (TPSA) is 40.5 Å². The second-order valence-electron chi connectivity index (χ2n) is 2.50. The molecule has 0 saturated heterocycles. The fraction of sp³-hybridized carbons (Fsp3) is 0.143. The highest BCUT2D eigenvalue weighted by Gasteiger charge is 2.16. The normalized spacial score (nSPS) is 10.1. The van der Waals surface area contributed by atoms with Crippen molar-refractivity contribution in [2.24, 2.45) is 0 Å². The predicted molar refractivity (Wildman–Crippen MR) is 46.0 cm³/mol. The molecule has 0 saturated carbocycles. The molecule has 5 heteroatoms. The quantitative estimate of drug-likeness (QED) is 0.629. The first kappa shape index (κ1) is 9.51. The van der Waals surface area contributed by atoms with E-state index in [-0.39, 0.29) is 10.5 Å². The van der Waals surface area contributed by atoms with Crippen LogP contribution in [0.4, 0.5) is 4.39 Å². The number of aryl methyl sites for hydroxylation is 1. The van der Waals surface area contributed by atoms with Gasteiger partial charge in [0.2, 0.25) is 0 Å². The van der Waals surface area contributed by atoms with Crippen LogP contribution in [0.3, 0.4) is 0 Å². The molecule has 0 unspecified atom stereocenters. The van der Waals surface area contributed by atoms with Crippen LogP contribution in [0.15, 0.2) is 12.1 Å². The van der Waals surface area contributed by atoms with Crippen LogP contribution in [0, 0.1) is 12.7 Å². The van der Waals surface area contributed by atoms with Crippen LogP contribution in [0.2, 0.25) is 5.02 Å². The lowest BCUT2D eigenvalue weighted by Crippen LogP contribution is -2.31. The van der Waals surface area contributed by atoms with Gasteiger partial charge in [-0.3, -0.25) is 0 Å². The molecule has 0 aliphatic carbocycles. The summed E-state index contributed by atoms with van der Waals surface area (Å²) in [7, 11) is -1.66. The van der Waals surface area contributed by atoms with Crippen LogP contribution in [-0.4, -0.2) is 17.2 Å². The van der Waals surface area contributed by atoms with Crippen molar-refractivity contribution in [3.63, 3.8) is 0 Å². The van der Waals surface area contributed by atoms with E-state index in [1.165, 1.54) is 13.0 Å². The summed E-state index contributed by atoms with van der Waals surface area (Å²) in [6, 6.07) is 2.37. The van der Waals surface area contributed by atoms with Gasteiger partial charge in [-0.2, -0.15) is 0 Å². The highest BCUT2D eigenvalue weighted by atomic mass is 35.5. The van der Waals surface area contributed by atoms with E-state index in [1.54, 1.807) is 0 Å². The Morgan fingerprint density at radius 1 is 1.42 bits per heavy atom. The number of hydrogen-bond donors (Lipinski definition) is 2. The summed E-state index contributed by atoms with van der Waals surface area (Å²) in [6.07, 6.45) is 0. The van der Waals surface area contributed by atoms with Gasteiger partial charge in [0.25, 0.3) is 0 Å². The van der Waals surface area contributed by atoms with Gasteiger partial charge in [-0.1, -0.05) is 17.7 Å². The monoisotopic (exact) mass is 188 g/mol. The summed E-state index contributed by atoms with van der Waals surface area (Å²) in [5.74, 6) is -0.454. The largest absolute Gasteiger partial charge is 0.489 e. The maximum Gasteiger partial charge on any atom is 0.489 e. The molecule has 0 radical (unpaired) electrons. The van der Waals surface area contributed by atoms with Gasteiger partial charge in [0.1, 0.15) is 5.82 Å². The molecular formula is C7H7BClFO2. The Morgan fingerprint density at radius 3 is 2.50 bits per heavy atom. The summed E-state index contributed by atoms with van der Waals surface area (Å²) in [6.45, 7) is 1.53. The van der Waals surface area contributed by atoms with Crippen molar-refractivity contribution in [2.45, 2.75) is 6.92 Å². The Labute approximate surface area is 74.7 Å². The molecule has 0 atom stereocenters. The first-order valence-corrected chi connectivity index (χ1v) is 3.72. The van der Waals surface area contributed by atoms with E-state index in [1.807, 2.05) is 0 Å². The van der Waals surface area contributed by atoms with Crippen LogP contribution < -0.4 is 5.46 Å². The standard InChI is InChI=1S/C7H7BClFO2/c1-4-2-5(8(11)12)6(9)3-7(4)10/h2-3,11-12H,1H3. The maximum absolute atomic E-state index is 12.8. The van der Waals surface area contributed by atoms with Crippen molar-refractivity contribution in [1.29, 1.82) is 0 Å². The molecular weight excluding hydrogens is 181 g/mol. The molecule has 2 N–H and O–H groups in total. The van der Waals surface area contributed by atoms with Crippen LogP contribution in [-0.2, 0) is 0 Å². The molecule has 0 amide bonds. The lowest BCUT2D eigenvalue weighted by atomic mass is 9.79. The molecule has 0 bridgehead atoms. The van der Waals surface area contributed by atoms with E-state index >= 15 is 0 Å². The molecule has 1 aromatic rings. The van der Waals surface area contributed by atoms with Gasteiger partial charge in [-0.15, -0.1) is 0 Å². The fourth-order valence-corrected chi connectivity index (χ4v) is 1.13. The summed E-state index contributed by atoms with van der Waals surface area (Å²) in [4.78, 5) is 0. The minimum Gasteiger partial charge on any atom is -0.423 e. The van der Waals surface area contributed by atoms with Gasteiger partial charge < -0.3 is 10.0 Å². The lowest BCUT2D eigenvalue weighted by molar-refractivity contribution is 0.425. The molecule has 1 rings (SSSR count). The minimum absolute atomic E-state index is 0.0214. The first-order valence-electron chi connectivity index (χ1n) is 3.34. The van der Waals surface area contributed by atoms with Crippen molar-refractivity contribution < 1.29 is 14.4 Å². The van der Waals surface area contributed by atoms with E-state index in [4.69, 9.17) is 21.6 Å². The van der Waals surface area contributed by atoms with E-state index < -0.39 is 12.9 Å². The molecule has 0 aromatic heterocycles. The smallest absolute Gasteiger partial charge is 0.423 e. The Bertz CT molecular complexity index is 304. The third kappa shape index (κ3) is 1.77. The van der Waals surface area contributed by atoms with Gasteiger partial charge in [0, 0.05) is 10.5 Å². The average Bonchev–Trinajstić information content (AvgIpc) is 1.96. The molecule has 0 fully saturated rings. The molecule has 64 valence electrons. The van der Waals surface area contributed by atoms with Crippen molar-refractivity contribution >= 4 is 24.2 Å². The Morgan fingerprint density at radius 2 is 2.00 bits per heavy atom. The summed E-state index contributed by atoms with van der Waals surface area (Å²) < 4.78 is 12.8. The van der Waals surface area contributed by atoms with Crippen LogP contribution in [0.5, 0.6) is 0 Å². The SMILES string of the molecule is Cc1cc(B(O)O)c(Cl)cc1F. The van der Waals surface area contributed by atoms with E-state index in [0.717, 1.165) is 6.07 Å². The molecule has 0 heterocycles. The molecule has 1 aromatic carbocycles. The number of rotatable bonds is 1. The zero-order valence-corrected chi connectivity index (χ0v) is 7.14. The van der Waals surface area contributed by atoms with Crippen molar-refractivity contribution in [2.75, 3.05) is 0 Å². The van der Waals surface area contributed by atoms with Gasteiger partial charge in [-0.05, 0) is 18.6 Å². The molecule has 2 nitrogen and oxygen atoms in total. The summed E-state index contributed by atoms with van der Waals surface area (Å²) in [5, 5.41) is 17.6. The zero-order chi connectivity index (χ0) is 9.30.